The Kier molecular flexibility index (Phi) is 5.15. The second-order valence-electron chi connectivity index (χ2n) is 3.68. The molecule has 84 valence electrons. The van der Waals surface area contributed by atoms with Crippen LogP contribution in [0.3, 0.4) is 0 Å². The Hall–Kier alpha value is -1.06. The summed E-state index contributed by atoms with van der Waals surface area (Å²) in [4.78, 5) is 0. The fourth-order valence-electron chi connectivity index (χ4n) is 1.28. The van der Waals surface area contributed by atoms with Crippen LogP contribution in [0.4, 0.5) is 0 Å². The van der Waals surface area contributed by atoms with Crippen molar-refractivity contribution in [2.24, 2.45) is 5.73 Å². The van der Waals surface area contributed by atoms with E-state index in [1.807, 2.05) is 31.2 Å². The maximum Gasteiger partial charge on any atom is 0.119 e. The smallest absolute Gasteiger partial charge is 0.119 e. The number of aliphatic hydroxyl groups is 1. The predicted octanol–water partition coefficient (Wildman–Crippen LogP) is 1.47. The number of aryl methyl sites for hydroxylation is 1. The highest BCUT2D eigenvalue weighted by atomic mass is 16.5. The van der Waals surface area contributed by atoms with Gasteiger partial charge in [-0.05, 0) is 32.0 Å². The van der Waals surface area contributed by atoms with Crippen LogP contribution in [-0.4, -0.2) is 24.4 Å². The molecule has 1 unspecified atom stereocenters. The molecular weight excluding hydrogens is 190 g/mol. The summed E-state index contributed by atoms with van der Waals surface area (Å²) < 4.78 is 5.48. The first-order valence-corrected chi connectivity index (χ1v) is 5.30. The number of hydrogen-bond donors (Lipinski definition) is 2. The lowest BCUT2D eigenvalue weighted by Crippen LogP contribution is -2.16. The minimum absolute atomic E-state index is 0.347. The molecule has 0 aliphatic rings. The molecule has 1 rings (SSSR count). The van der Waals surface area contributed by atoms with E-state index in [9.17, 15) is 5.11 Å². The van der Waals surface area contributed by atoms with Crippen molar-refractivity contribution in [3.05, 3.63) is 29.8 Å². The van der Waals surface area contributed by atoms with Crippen LogP contribution in [0.1, 0.15) is 18.4 Å². The third-order valence-electron chi connectivity index (χ3n) is 2.24. The average molecular weight is 209 g/mol. The lowest BCUT2D eigenvalue weighted by Gasteiger charge is -2.10. The largest absolute Gasteiger partial charge is 0.493 e. The lowest BCUT2D eigenvalue weighted by molar-refractivity contribution is 0.133. The number of hydrogen-bond acceptors (Lipinski definition) is 3. The first-order valence-electron chi connectivity index (χ1n) is 5.30. The molecule has 3 heteroatoms. The van der Waals surface area contributed by atoms with Gasteiger partial charge in [-0.25, -0.2) is 0 Å². The molecule has 1 aromatic carbocycles. The van der Waals surface area contributed by atoms with Gasteiger partial charge in [-0.15, -0.1) is 0 Å². The summed E-state index contributed by atoms with van der Waals surface area (Å²) >= 11 is 0. The zero-order valence-corrected chi connectivity index (χ0v) is 9.15. The topological polar surface area (TPSA) is 55.5 Å². The van der Waals surface area contributed by atoms with Crippen LogP contribution < -0.4 is 10.5 Å². The van der Waals surface area contributed by atoms with Crippen LogP contribution in [0.25, 0.3) is 0 Å². The van der Waals surface area contributed by atoms with Crippen molar-refractivity contribution < 1.29 is 9.84 Å². The van der Waals surface area contributed by atoms with Crippen LogP contribution >= 0.6 is 0 Å². The van der Waals surface area contributed by atoms with Crippen LogP contribution in [0, 0.1) is 6.92 Å². The molecule has 0 spiro atoms. The van der Waals surface area contributed by atoms with Gasteiger partial charge in [0.1, 0.15) is 5.75 Å². The molecule has 0 aliphatic carbocycles. The maximum absolute atomic E-state index is 9.41. The molecule has 0 saturated heterocycles. The van der Waals surface area contributed by atoms with Crippen molar-refractivity contribution in [2.75, 3.05) is 13.2 Å². The van der Waals surface area contributed by atoms with E-state index in [0.717, 1.165) is 5.75 Å². The summed E-state index contributed by atoms with van der Waals surface area (Å²) in [5.74, 6) is 0.848. The maximum atomic E-state index is 9.41. The van der Waals surface area contributed by atoms with Gasteiger partial charge in [0, 0.05) is 6.42 Å². The molecule has 1 aromatic rings. The minimum atomic E-state index is -0.347. The Morgan fingerprint density at radius 2 is 1.93 bits per heavy atom. The van der Waals surface area contributed by atoms with E-state index in [-0.39, 0.29) is 6.10 Å². The fraction of sp³-hybridized carbons (Fsp3) is 0.500. The normalized spacial score (nSPS) is 12.5. The van der Waals surface area contributed by atoms with Gasteiger partial charge in [0.15, 0.2) is 0 Å². The summed E-state index contributed by atoms with van der Waals surface area (Å²) in [6.45, 7) is 3.09. The zero-order valence-electron chi connectivity index (χ0n) is 9.15. The fourth-order valence-corrected chi connectivity index (χ4v) is 1.28. The molecule has 1 atom stereocenters. The summed E-state index contributed by atoms with van der Waals surface area (Å²) in [6.07, 6.45) is 0.919. The Labute approximate surface area is 90.9 Å². The van der Waals surface area contributed by atoms with Gasteiger partial charge in [-0.3, -0.25) is 0 Å². The van der Waals surface area contributed by atoms with Crippen LogP contribution in [0.15, 0.2) is 24.3 Å². The van der Waals surface area contributed by atoms with Gasteiger partial charge >= 0.3 is 0 Å². The number of aliphatic hydroxyl groups excluding tert-OH is 1. The molecule has 0 radical (unpaired) electrons. The second-order valence-corrected chi connectivity index (χ2v) is 3.68. The first kappa shape index (κ1) is 12.0. The number of nitrogens with two attached hydrogens (primary N) is 1. The Morgan fingerprint density at radius 3 is 2.53 bits per heavy atom. The molecule has 3 N–H and O–H groups in total. The van der Waals surface area contributed by atoms with Gasteiger partial charge in [0.2, 0.25) is 0 Å². The van der Waals surface area contributed by atoms with Crippen molar-refractivity contribution in [3.63, 3.8) is 0 Å². The van der Waals surface area contributed by atoms with Crippen molar-refractivity contribution in [1.29, 1.82) is 0 Å². The Bertz CT molecular complexity index is 271. The minimum Gasteiger partial charge on any atom is -0.493 e. The van der Waals surface area contributed by atoms with Crippen LogP contribution in [-0.2, 0) is 0 Å². The van der Waals surface area contributed by atoms with E-state index in [1.165, 1.54) is 5.56 Å². The first-order chi connectivity index (χ1) is 7.22. The monoisotopic (exact) mass is 209 g/mol. The Morgan fingerprint density at radius 1 is 1.27 bits per heavy atom. The van der Waals surface area contributed by atoms with Gasteiger partial charge in [0.25, 0.3) is 0 Å². The number of rotatable bonds is 6. The molecule has 3 nitrogen and oxygen atoms in total. The highest BCUT2D eigenvalue weighted by Gasteiger charge is 2.02. The standard InChI is InChI=1S/C12H19NO2/c1-10-2-4-12(5-3-10)15-9-7-11(14)6-8-13/h2-5,11,14H,6-9,13H2,1H3. The van der Waals surface area contributed by atoms with E-state index >= 15 is 0 Å². The highest BCUT2D eigenvalue weighted by Crippen LogP contribution is 2.11. The lowest BCUT2D eigenvalue weighted by atomic mass is 10.2. The third kappa shape index (κ3) is 4.81. The van der Waals surface area contributed by atoms with E-state index in [1.54, 1.807) is 0 Å². The van der Waals surface area contributed by atoms with Gasteiger partial charge in [-0.2, -0.15) is 0 Å². The number of ether oxygens (including phenoxy) is 1. The molecule has 15 heavy (non-hydrogen) atoms. The van der Waals surface area contributed by atoms with E-state index in [0.29, 0.717) is 26.0 Å². The predicted molar refractivity (Wildman–Crippen MR) is 61.0 cm³/mol. The van der Waals surface area contributed by atoms with Gasteiger partial charge < -0.3 is 15.6 Å². The SMILES string of the molecule is Cc1ccc(OCCC(O)CCN)cc1. The van der Waals surface area contributed by atoms with E-state index < -0.39 is 0 Å². The summed E-state index contributed by atoms with van der Waals surface area (Å²) in [7, 11) is 0. The van der Waals surface area contributed by atoms with Crippen LogP contribution in [0.5, 0.6) is 5.75 Å². The van der Waals surface area contributed by atoms with Gasteiger partial charge in [-0.1, -0.05) is 17.7 Å². The van der Waals surface area contributed by atoms with Crippen molar-refractivity contribution in [1.82, 2.24) is 0 Å². The van der Waals surface area contributed by atoms with E-state index in [2.05, 4.69) is 0 Å². The quantitative estimate of drug-likeness (QED) is 0.746. The molecule has 0 aromatic heterocycles. The summed E-state index contributed by atoms with van der Waals surface area (Å²) in [5.41, 5.74) is 6.54. The summed E-state index contributed by atoms with van der Waals surface area (Å²) in [5, 5.41) is 9.41. The van der Waals surface area contributed by atoms with Crippen molar-refractivity contribution in [2.45, 2.75) is 25.9 Å². The Balaban J connectivity index is 2.22. The molecule has 0 fully saturated rings. The van der Waals surface area contributed by atoms with E-state index in [4.69, 9.17) is 10.5 Å². The molecular formula is C12H19NO2. The molecule has 0 bridgehead atoms. The molecule has 0 aliphatic heterocycles. The zero-order chi connectivity index (χ0) is 11.1. The second kappa shape index (κ2) is 6.43. The van der Waals surface area contributed by atoms with Crippen molar-refractivity contribution >= 4 is 0 Å². The molecule has 0 amide bonds. The molecule has 0 heterocycles. The summed E-state index contributed by atoms with van der Waals surface area (Å²) in [6, 6.07) is 7.88. The average Bonchev–Trinajstić information content (AvgIpc) is 2.21. The van der Waals surface area contributed by atoms with Crippen molar-refractivity contribution in [3.8, 4) is 5.75 Å². The highest BCUT2D eigenvalue weighted by molar-refractivity contribution is 5.26. The van der Waals surface area contributed by atoms with Gasteiger partial charge in [0.05, 0.1) is 12.7 Å². The molecule has 0 saturated carbocycles. The number of benzene rings is 1. The third-order valence-corrected chi connectivity index (χ3v) is 2.24. The van der Waals surface area contributed by atoms with Crippen LogP contribution in [0.2, 0.25) is 0 Å².